The monoisotopic (exact) mass is 391 g/mol. The van der Waals surface area contributed by atoms with Gasteiger partial charge in [-0.15, -0.1) is 0 Å². The summed E-state index contributed by atoms with van der Waals surface area (Å²) < 4.78 is 25.7. The zero-order chi connectivity index (χ0) is 20.4. The Morgan fingerprint density at radius 3 is 2.37 bits per heavy atom. The van der Waals surface area contributed by atoms with Gasteiger partial charge < -0.3 is 5.32 Å². The van der Waals surface area contributed by atoms with E-state index in [-0.39, 0.29) is 11.4 Å². The molecule has 0 heterocycles. The number of hydrogen-bond donors (Lipinski definition) is 1. The molecule has 0 aliphatic heterocycles. The number of benzene rings is 2. The van der Waals surface area contributed by atoms with Crippen LogP contribution in [0.5, 0.6) is 0 Å². The number of nitro benzene ring substituents is 1. The number of nitrogens with one attached hydrogen (secondary N) is 1. The van der Waals surface area contributed by atoms with Crippen molar-refractivity contribution in [3.63, 3.8) is 0 Å². The first-order valence-corrected chi connectivity index (χ1v) is 9.97. The fraction of sp³-hybridized carbons (Fsp3) is 0.278. The molecule has 1 unspecified atom stereocenters. The average Bonchev–Trinajstić information content (AvgIpc) is 2.57. The third kappa shape index (κ3) is 4.82. The summed E-state index contributed by atoms with van der Waals surface area (Å²) >= 11 is 0. The van der Waals surface area contributed by atoms with Crippen LogP contribution in [-0.4, -0.2) is 31.5 Å². The van der Waals surface area contributed by atoms with Gasteiger partial charge >= 0.3 is 0 Å². The van der Waals surface area contributed by atoms with Gasteiger partial charge in [0.15, 0.2) is 0 Å². The Kier molecular flexibility index (Phi) is 5.85. The minimum Gasteiger partial charge on any atom is -0.324 e. The van der Waals surface area contributed by atoms with Crippen LogP contribution >= 0.6 is 0 Å². The highest BCUT2D eigenvalue weighted by molar-refractivity contribution is 7.92. The van der Waals surface area contributed by atoms with Gasteiger partial charge in [0.05, 0.1) is 16.9 Å². The largest absolute Gasteiger partial charge is 0.324 e. The molecule has 0 aliphatic carbocycles. The van der Waals surface area contributed by atoms with E-state index in [1.165, 1.54) is 31.2 Å². The number of carbonyl (C=O) groups is 1. The standard InChI is InChI=1S/C18H21N3O5S/c1-12-8-9-16(10-13(12)2)20(27(4,25)26)14(3)18(22)19-15-6-5-7-17(11-15)21(23)24/h5-11,14H,1-4H3,(H,19,22). The first-order valence-electron chi connectivity index (χ1n) is 8.12. The number of non-ortho nitro benzene ring substituents is 1. The van der Waals surface area contributed by atoms with E-state index in [0.717, 1.165) is 21.7 Å². The van der Waals surface area contributed by atoms with Gasteiger partial charge in [-0.3, -0.25) is 19.2 Å². The molecule has 0 spiro atoms. The SMILES string of the molecule is Cc1ccc(N(C(C)C(=O)Nc2cccc([N+](=O)[O-])c2)S(C)(=O)=O)cc1C. The summed E-state index contributed by atoms with van der Waals surface area (Å²) in [6.45, 7) is 5.22. The Bertz CT molecular complexity index is 988. The summed E-state index contributed by atoms with van der Waals surface area (Å²) in [5, 5.41) is 13.4. The maximum absolute atomic E-state index is 12.6. The van der Waals surface area contributed by atoms with Crippen LogP contribution in [0.15, 0.2) is 42.5 Å². The van der Waals surface area contributed by atoms with Crippen LogP contribution in [0.2, 0.25) is 0 Å². The van der Waals surface area contributed by atoms with Crippen molar-refractivity contribution in [1.29, 1.82) is 0 Å². The molecule has 144 valence electrons. The van der Waals surface area contributed by atoms with E-state index >= 15 is 0 Å². The van der Waals surface area contributed by atoms with Crippen molar-refractivity contribution in [2.75, 3.05) is 15.9 Å². The van der Waals surface area contributed by atoms with Crippen LogP contribution in [0.3, 0.4) is 0 Å². The minimum atomic E-state index is -3.74. The number of aryl methyl sites for hydroxylation is 2. The van der Waals surface area contributed by atoms with Gasteiger partial charge in [-0.2, -0.15) is 0 Å². The van der Waals surface area contributed by atoms with Crippen molar-refractivity contribution in [3.8, 4) is 0 Å². The summed E-state index contributed by atoms with van der Waals surface area (Å²) in [6, 6.07) is 9.53. The third-order valence-corrected chi connectivity index (χ3v) is 5.40. The van der Waals surface area contributed by atoms with E-state index in [0.29, 0.717) is 5.69 Å². The van der Waals surface area contributed by atoms with Crippen molar-refractivity contribution < 1.29 is 18.1 Å². The van der Waals surface area contributed by atoms with Crippen LogP contribution in [-0.2, 0) is 14.8 Å². The van der Waals surface area contributed by atoms with E-state index in [1.54, 1.807) is 18.2 Å². The zero-order valence-corrected chi connectivity index (χ0v) is 16.3. The molecule has 9 heteroatoms. The van der Waals surface area contributed by atoms with Gasteiger partial charge in [0.1, 0.15) is 6.04 Å². The summed E-state index contributed by atoms with van der Waals surface area (Å²) in [4.78, 5) is 22.9. The van der Waals surface area contributed by atoms with Crippen molar-refractivity contribution >= 4 is 33.0 Å². The number of carbonyl (C=O) groups excluding carboxylic acids is 1. The Morgan fingerprint density at radius 1 is 1.15 bits per heavy atom. The zero-order valence-electron chi connectivity index (χ0n) is 15.5. The van der Waals surface area contributed by atoms with Crippen LogP contribution in [0.4, 0.5) is 17.1 Å². The van der Waals surface area contributed by atoms with Crippen LogP contribution in [0.1, 0.15) is 18.1 Å². The average molecular weight is 391 g/mol. The van der Waals surface area contributed by atoms with Crippen molar-refractivity contribution in [2.45, 2.75) is 26.8 Å². The topological polar surface area (TPSA) is 110 Å². The fourth-order valence-electron chi connectivity index (χ4n) is 2.62. The molecule has 0 radical (unpaired) electrons. The second-order valence-corrected chi connectivity index (χ2v) is 8.16. The minimum absolute atomic E-state index is 0.172. The van der Waals surface area contributed by atoms with Crippen molar-refractivity contribution in [2.24, 2.45) is 0 Å². The molecule has 1 atom stereocenters. The van der Waals surface area contributed by atoms with Crippen LogP contribution < -0.4 is 9.62 Å². The lowest BCUT2D eigenvalue weighted by Crippen LogP contribution is -2.45. The smallest absolute Gasteiger partial charge is 0.271 e. The number of nitro groups is 1. The Morgan fingerprint density at radius 2 is 1.81 bits per heavy atom. The van der Waals surface area contributed by atoms with Gasteiger partial charge in [-0.25, -0.2) is 8.42 Å². The summed E-state index contributed by atoms with van der Waals surface area (Å²) in [7, 11) is -3.74. The molecule has 27 heavy (non-hydrogen) atoms. The van der Waals surface area contributed by atoms with Gasteiger partial charge in [0.25, 0.3) is 5.69 Å². The molecule has 2 aromatic rings. The lowest BCUT2D eigenvalue weighted by Gasteiger charge is -2.28. The number of hydrogen-bond acceptors (Lipinski definition) is 5. The fourth-order valence-corrected chi connectivity index (χ4v) is 3.78. The van der Waals surface area contributed by atoms with Gasteiger partial charge in [-0.05, 0) is 50.1 Å². The second-order valence-electron chi connectivity index (χ2n) is 6.30. The number of anilines is 2. The molecule has 0 saturated heterocycles. The normalized spacial score (nSPS) is 12.3. The molecular weight excluding hydrogens is 370 g/mol. The predicted molar refractivity (Wildman–Crippen MR) is 104 cm³/mol. The van der Waals surface area contributed by atoms with E-state index in [2.05, 4.69) is 5.32 Å². The van der Waals surface area contributed by atoms with E-state index in [4.69, 9.17) is 0 Å². The lowest BCUT2D eigenvalue weighted by atomic mass is 10.1. The number of rotatable bonds is 6. The first-order chi connectivity index (χ1) is 12.5. The Balaban J connectivity index is 2.33. The summed E-state index contributed by atoms with van der Waals surface area (Å²) in [5.41, 5.74) is 2.32. The van der Waals surface area contributed by atoms with E-state index in [1.807, 2.05) is 13.8 Å². The molecule has 0 fully saturated rings. The Hall–Kier alpha value is -2.94. The molecule has 0 bridgehead atoms. The van der Waals surface area contributed by atoms with E-state index in [9.17, 15) is 23.3 Å². The van der Waals surface area contributed by atoms with Gasteiger partial charge in [-0.1, -0.05) is 12.1 Å². The molecule has 0 aliphatic rings. The van der Waals surface area contributed by atoms with Crippen LogP contribution in [0.25, 0.3) is 0 Å². The first kappa shape index (κ1) is 20.4. The molecule has 0 aromatic heterocycles. The number of sulfonamides is 1. The predicted octanol–water partition coefficient (Wildman–Crippen LogP) is 3.00. The summed E-state index contributed by atoms with van der Waals surface area (Å²) in [5.74, 6) is -0.598. The summed E-state index contributed by atoms with van der Waals surface area (Å²) in [6.07, 6.45) is 1.03. The maximum Gasteiger partial charge on any atom is 0.271 e. The molecule has 1 N–H and O–H groups in total. The number of amides is 1. The quantitative estimate of drug-likeness (QED) is 0.601. The van der Waals surface area contributed by atoms with Gasteiger partial charge in [0.2, 0.25) is 15.9 Å². The Labute approximate surface area is 158 Å². The molecule has 0 saturated carbocycles. The van der Waals surface area contributed by atoms with Gasteiger partial charge in [0, 0.05) is 17.8 Å². The molecular formula is C18H21N3O5S. The highest BCUT2D eigenvalue weighted by atomic mass is 32.2. The lowest BCUT2D eigenvalue weighted by molar-refractivity contribution is -0.384. The third-order valence-electron chi connectivity index (χ3n) is 4.16. The highest BCUT2D eigenvalue weighted by Gasteiger charge is 2.29. The molecule has 8 nitrogen and oxygen atoms in total. The molecule has 2 aromatic carbocycles. The van der Waals surface area contributed by atoms with Crippen LogP contribution in [0, 0.1) is 24.0 Å². The van der Waals surface area contributed by atoms with Crippen molar-refractivity contribution in [1.82, 2.24) is 0 Å². The van der Waals surface area contributed by atoms with Crippen molar-refractivity contribution in [3.05, 3.63) is 63.7 Å². The maximum atomic E-state index is 12.6. The molecule has 1 amide bonds. The van der Waals surface area contributed by atoms with E-state index < -0.39 is 26.9 Å². The molecule has 2 rings (SSSR count). The highest BCUT2D eigenvalue weighted by Crippen LogP contribution is 2.25. The second kappa shape index (κ2) is 7.75. The number of nitrogens with zero attached hydrogens (tertiary/aromatic N) is 2.